The van der Waals surface area contributed by atoms with E-state index in [9.17, 15) is 13.2 Å². The van der Waals surface area contributed by atoms with Crippen LogP contribution in [0.15, 0.2) is 59.5 Å². The van der Waals surface area contributed by atoms with Crippen LogP contribution in [0.5, 0.6) is 0 Å². The summed E-state index contributed by atoms with van der Waals surface area (Å²) < 4.78 is 32.5. The molecule has 3 rings (SSSR count). The van der Waals surface area contributed by atoms with E-state index in [1.807, 2.05) is 18.2 Å². The Kier molecular flexibility index (Phi) is 8.20. The molecular weight excluding hydrogens is 414 g/mol. The number of amides is 1. The minimum absolute atomic E-state index is 0.0421. The summed E-state index contributed by atoms with van der Waals surface area (Å²) in [7, 11) is -3.65. The molecule has 168 valence electrons. The average molecular weight is 446 g/mol. The van der Waals surface area contributed by atoms with Gasteiger partial charge in [0.1, 0.15) is 0 Å². The maximum Gasteiger partial charge on any atom is 0.251 e. The van der Waals surface area contributed by atoms with Gasteiger partial charge in [0.25, 0.3) is 5.91 Å². The molecule has 8 heteroatoms. The molecule has 7 nitrogen and oxygen atoms in total. The second-order valence-electron chi connectivity index (χ2n) is 7.40. The summed E-state index contributed by atoms with van der Waals surface area (Å²) in [6, 6.07) is 16.4. The van der Waals surface area contributed by atoms with Gasteiger partial charge in [-0.25, -0.2) is 8.42 Å². The predicted octanol–water partition coefficient (Wildman–Crippen LogP) is 2.52. The lowest BCUT2D eigenvalue weighted by atomic mass is 10.0. The van der Waals surface area contributed by atoms with Crippen molar-refractivity contribution < 1.29 is 17.9 Å². The standard InChI is InChI=1S/C23H31N3O4S/c1-3-25(4-2)22(19-9-6-5-7-10-19)18-24-23(27)20-11-8-12-21(17-20)31(28,29)26-13-15-30-16-14-26/h5-12,17,22H,3-4,13-16,18H2,1-2H3,(H,24,27). The fraction of sp³-hybridized carbons (Fsp3) is 0.435. The highest BCUT2D eigenvalue weighted by atomic mass is 32.2. The molecule has 1 amide bonds. The third-order valence-corrected chi connectivity index (χ3v) is 7.49. The van der Waals surface area contributed by atoms with E-state index in [0.29, 0.717) is 38.4 Å². The van der Waals surface area contributed by atoms with Crippen molar-refractivity contribution in [2.75, 3.05) is 45.9 Å². The Bertz CT molecular complexity index is 956. The maximum atomic E-state index is 12.9. The number of rotatable bonds is 9. The van der Waals surface area contributed by atoms with Gasteiger partial charge in [0, 0.05) is 25.2 Å². The molecule has 1 atom stereocenters. The van der Waals surface area contributed by atoms with Crippen LogP contribution >= 0.6 is 0 Å². The van der Waals surface area contributed by atoms with Crippen LogP contribution in [0, 0.1) is 0 Å². The predicted molar refractivity (Wildman–Crippen MR) is 120 cm³/mol. The molecule has 1 unspecified atom stereocenters. The number of hydrogen-bond donors (Lipinski definition) is 1. The molecule has 1 aliphatic rings. The van der Waals surface area contributed by atoms with Crippen LogP contribution < -0.4 is 5.32 Å². The zero-order valence-electron chi connectivity index (χ0n) is 18.2. The largest absolute Gasteiger partial charge is 0.379 e. The van der Waals surface area contributed by atoms with Crippen molar-refractivity contribution >= 4 is 15.9 Å². The highest BCUT2D eigenvalue weighted by Crippen LogP contribution is 2.21. The number of nitrogens with one attached hydrogen (secondary N) is 1. The van der Waals surface area contributed by atoms with Crippen molar-refractivity contribution in [1.29, 1.82) is 0 Å². The molecule has 0 aromatic heterocycles. The number of carbonyl (C=O) groups is 1. The highest BCUT2D eigenvalue weighted by Gasteiger charge is 2.27. The zero-order chi connectivity index (χ0) is 22.3. The number of ether oxygens (including phenoxy) is 1. The summed E-state index contributed by atoms with van der Waals surface area (Å²) in [5.41, 5.74) is 1.47. The second-order valence-corrected chi connectivity index (χ2v) is 9.34. The minimum atomic E-state index is -3.65. The molecule has 2 aromatic rings. The van der Waals surface area contributed by atoms with Crippen molar-refractivity contribution in [2.24, 2.45) is 0 Å². The van der Waals surface area contributed by atoms with Crippen LogP contribution in [-0.2, 0) is 14.8 Å². The molecule has 0 bridgehead atoms. The van der Waals surface area contributed by atoms with Crippen molar-refractivity contribution in [3.8, 4) is 0 Å². The zero-order valence-corrected chi connectivity index (χ0v) is 19.0. The topological polar surface area (TPSA) is 79.0 Å². The summed E-state index contributed by atoms with van der Waals surface area (Å²) in [6.45, 7) is 7.76. The van der Waals surface area contributed by atoms with Gasteiger partial charge in [-0.3, -0.25) is 9.69 Å². The Hall–Kier alpha value is -2.26. The molecule has 1 N–H and O–H groups in total. The van der Waals surface area contributed by atoms with E-state index in [1.54, 1.807) is 12.1 Å². The fourth-order valence-electron chi connectivity index (χ4n) is 3.82. The SMILES string of the molecule is CCN(CC)C(CNC(=O)c1cccc(S(=O)(=O)N2CCOCC2)c1)c1ccccc1. The molecule has 1 aliphatic heterocycles. The summed E-state index contributed by atoms with van der Waals surface area (Å²) in [6.07, 6.45) is 0. The molecule has 0 saturated carbocycles. The van der Waals surface area contributed by atoms with Crippen LogP contribution in [-0.4, -0.2) is 69.5 Å². The first-order chi connectivity index (χ1) is 15.0. The molecule has 0 radical (unpaired) electrons. The van der Waals surface area contributed by atoms with Gasteiger partial charge in [0.05, 0.1) is 24.2 Å². The summed E-state index contributed by atoms with van der Waals surface area (Å²) >= 11 is 0. The normalized spacial score (nSPS) is 16.2. The number of morpholine rings is 1. The molecule has 31 heavy (non-hydrogen) atoms. The Morgan fingerprint density at radius 3 is 2.39 bits per heavy atom. The van der Waals surface area contributed by atoms with E-state index >= 15 is 0 Å². The molecular formula is C23H31N3O4S. The Balaban J connectivity index is 1.74. The average Bonchev–Trinajstić information content (AvgIpc) is 2.82. The summed E-state index contributed by atoms with van der Waals surface area (Å²) in [5.74, 6) is -0.285. The van der Waals surface area contributed by atoms with Crippen molar-refractivity contribution in [3.05, 3.63) is 65.7 Å². The van der Waals surface area contributed by atoms with Crippen molar-refractivity contribution in [3.63, 3.8) is 0 Å². The summed E-state index contributed by atoms with van der Waals surface area (Å²) in [4.78, 5) is 15.3. The molecule has 1 fully saturated rings. The van der Waals surface area contributed by atoms with E-state index in [1.165, 1.54) is 16.4 Å². The van der Waals surface area contributed by atoms with Gasteiger partial charge in [0.15, 0.2) is 0 Å². The van der Waals surface area contributed by atoms with Crippen LogP contribution in [0.3, 0.4) is 0 Å². The number of sulfonamides is 1. The van der Waals surface area contributed by atoms with E-state index in [2.05, 4.69) is 36.2 Å². The van der Waals surface area contributed by atoms with Crippen LogP contribution in [0.25, 0.3) is 0 Å². The maximum absolute atomic E-state index is 12.9. The van der Waals surface area contributed by atoms with Crippen LogP contribution in [0.1, 0.15) is 35.8 Å². The first kappa shape index (κ1) is 23.4. The quantitative estimate of drug-likeness (QED) is 0.642. The number of nitrogens with zero attached hydrogens (tertiary/aromatic N) is 2. The van der Waals surface area contributed by atoms with E-state index in [-0.39, 0.29) is 16.8 Å². The third-order valence-electron chi connectivity index (χ3n) is 5.60. The molecule has 0 aliphatic carbocycles. The minimum Gasteiger partial charge on any atom is -0.379 e. The Morgan fingerprint density at radius 2 is 1.74 bits per heavy atom. The molecule has 1 heterocycles. The van der Waals surface area contributed by atoms with E-state index < -0.39 is 10.0 Å². The highest BCUT2D eigenvalue weighted by molar-refractivity contribution is 7.89. The lowest BCUT2D eigenvalue weighted by Crippen LogP contribution is -2.40. The fourth-order valence-corrected chi connectivity index (χ4v) is 5.28. The lowest BCUT2D eigenvalue weighted by molar-refractivity contribution is 0.0730. The summed E-state index contributed by atoms with van der Waals surface area (Å²) in [5, 5.41) is 3.00. The number of carbonyl (C=O) groups excluding carboxylic acids is 1. The smallest absolute Gasteiger partial charge is 0.251 e. The van der Waals surface area contributed by atoms with E-state index in [4.69, 9.17) is 4.74 Å². The monoisotopic (exact) mass is 445 g/mol. The van der Waals surface area contributed by atoms with Gasteiger partial charge in [-0.2, -0.15) is 4.31 Å². The molecule has 2 aromatic carbocycles. The van der Waals surface area contributed by atoms with Crippen LogP contribution in [0.4, 0.5) is 0 Å². The first-order valence-electron chi connectivity index (χ1n) is 10.7. The number of likely N-dealkylation sites (N-methyl/N-ethyl adjacent to an activating group) is 1. The van der Waals surface area contributed by atoms with Gasteiger partial charge in [0.2, 0.25) is 10.0 Å². The molecule has 1 saturated heterocycles. The van der Waals surface area contributed by atoms with Gasteiger partial charge < -0.3 is 10.1 Å². The van der Waals surface area contributed by atoms with Crippen molar-refractivity contribution in [2.45, 2.75) is 24.8 Å². The Morgan fingerprint density at radius 1 is 1.06 bits per heavy atom. The third kappa shape index (κ3) is 5.71. The Labute approximate surface area is 185 Å². The van der Waals surface area contributed by atoms with Gasteiger partial charge in [-0.15, -0.1) is 0 Å². The van der Waals surface area contributed by atoms with Gasteiger partial charge in [-0.05, 0) is 36.9 Å². The van der Waals surface area contributed by atoms with Gasteiger partial charge in [-0.1, -0.05) is 50.2 Å². The second kappa shape index (κ2) is 10.9. The van der Waals surface area contributed by atoms with E-state index in [0.717, 1.165) is 18.7 Å². The number of hydrogen-bond acceptors (Lipinski definition) is 5. The lowest BCUT2D eigenvalue weighted by Gasteiger charge is -2.30. The van der Waals surface area contributed by atoms with Crippen molar-refractivity contribution in [1.82, 2.24) is 14.5 Å². The molecule has 0 spiro atoms. The first-order valence-corrected chi connectivity index (χ1v) is 12.2. The van der Waals surface area contributed by atoms with Gasteiger partial charge >= 0.3 is 0 Å². The number of benzene rings is 2. The van der Waals surface area contributed by atoms with Crippen LogP contribution in [0.2, 0.25) is 0 Å².